The summed E-state index contributed by atoms with van der Waals surface area (Å²) in [4.78, 5) is 4.45. The lowest BCUT2D eigenvalue weighted by Crippen LogP contribution is -2.11. The number of hydrogen-bond acceptors (Lipinski definition) is 4. The van der Waals surface area contributed by atoms with Crippen LogP contribution in [-0.2, 0) is 13.6 Å². The number of nitrogens with two attached hydrogens (primary N) is 1. The van der Waals surface area contributed by atoms with Crippen LogP contribution in [0.3, 0.4) is 0 Å². The Labute approximate surface area is 105 Å². The highest BCUT2D eigenvalue weighted by atomic mass is 32.1. The molecule has 88 valence electrons. The van der Waals surface area contributed by atoms with Crippen LogP contribution in [-0.4, -0.2) is 19.8 Å². The molecule has 0 saturated heterocycles. The molecule has 0 radical (unpaired) electrons. The lowest BCUT2D eigenvalue weighted by Gasteiger charge is -2.04. The maximum absolute atomic E-state index is 5.47. The van der Waals surface area contributed by atoms with E-state index in [2.05, 4.69) is 15.4 Å². The molecule has 2 aromatic heterocycles. The van der Waals surface area contributed by atoms with Gasteiger partial charge in [-0.15, -0.1) is 0 Å². The van der Waals surface area contributed by atoms with Gasteiger partial charge in [0.1, 0.15) is 4.99 Å². The summed E-state index contributed by atoms with van der Waals surface area (Å²) in [6.45, 7) is 0.662. The van der Waals surface area contributed by atoms with E-state index in [4.69, 9.17) is 18.0 Å². The molecule has 2 heterocycles. The molecule has 0 fully saturated rings. The van der Waals surface area contributed by atoms with E-state index in [1.807, 2.05) is 25.4 Å². The van der Waals surface area contributed by atoms with Gasteiger partial charge in [0.25, 0.3) is 0 Å². The monoisotopic (exact) mass is 247 g/mol. The number of hydrogen-bond donors (Lipinski definition) is 2. The van der Waals surface area contributed by atoms with E-state index in [-0.39, 0.29) is 0 Å². The molecule has 17 heavy (non-hydrogen) atoms. The zero-order valence-corrected chi connectivity index (χ0v) is 10.2. The predicted octanol–water partition coefficient (Wildman–Crippen LogP) is 1.06. The van der Waals surface area contributed by atoms with Gasteiger partial charge in [0.2, 0.25) is 0 Å². The van der Waals surface area contributed by atoms with Gasteiger partial charge in [0.15, 0.2) is 0 Å². The second kappa shape index (κ2) is 4.92. The molecular formula is C11H13N5S. The van der Waals surface area contributed by atoms with Crippen LogP contribution in [0.2, 0.25) is 0 Å². The Balaban J connectivity index is 1.97. The third-order valence-electron chi connectivity index (χ3n) is 2.26. The van der Waals surface area contributed by atoms with Crippen molar-refractivity contribution >= 4 is 22.9 Å². The van der Waals surface area contributed by atoms with E-state index in [1.165, 1.54) is 0 Å². The van der Waals surface area contributed by atoms with Crippen LogP contribution >= 0.6 is 12.2 Å². The standard InChI is InChI=1S/C11H13N5S/c1-16-5-4-9(15-16)7-13-8-2-3-10(11(12)17)14-6-8/h2-6,13H,7H2,1H3,(H2,12,17). The number of nitrogens with zero attached hydrogens (tertiary/aromatic N) is 3. The molecule has 0 bridgehead atoms. The predicted molar refractivity (Wildman–Crippen MR) is 70.7 cm³/mol. The lowest BCUT2D eigenvalue weighted by atomic mass is 10.3. The Morgan fingerprint density at radius 1 is 1.47 bits per heavy atom. The summed E-state index contributed by atoms with van der Waals surface area (Å²) in [7, 11) is 1.89. The van der Waals surface area contributed by atoms with Crippen molar-refractivity contribution < 1.29 is 0 Å². The Hall–Kier alpha value is -1.95. The van der Waals surface area contributed by atoms with Crippen LogP contribution < -0.4 is 11.1 Å². The van der Waals surface area contributed by atoms with Gasteiger partial charge in [-0.1, -0.05) is 12.2 Å². The van der Waals surface area contributed by atoms with Crippen molar-refractivity contribution in [1.29, 1.82) is 0 Å². The summed E-state index contributed by atoms with van der Waals surface area (Å²) >= 11 is 4.83. The van der Waals surface area contributed by atoms with Crippen molar-refractivity contribution in [3.8, 4) is 0 Å². The van der Waals surface area contributed by atoms with Crippen LogP contribution in [0.4, 0.5) is 5.69 Å². The maximum Gasteiger partial charge on any atom is 0.122 e. The van der Waals surface area contributed by atoms with E-state index in [0.29, 0.717) is 17.2 Å². The van der Waals surface area contributed by atoms with E-state index >= 15 is 0 Å². The molecule has 0 aromatic carbocycles. The number of aryl methyl sites for hydroxylation is 1. The average Bonchev–Trinajstić information content (AvgIpc) is 2.73. The van der Waals surface area contributed by atoms with Crippen LogP contribution in [0.5, 0.6) is 0 Å². The topological polar surface area (TPSA) is 68.8 Å². The normalized spacial score (nSPS) is 10.2. The minimum absolute atomic E-state index is 0.307. The third-order valence-corrected chi connectivity index (χ3v) is 2.47. The van der Waals surface area contributed by atoms with Crippen LogP contribution in [0, 0.1) is 0 Å². The Morgan fingerprint density at radius 3 is 2.82 bits per heavy atom. The van der Waals surface area contributed by atoms with Crippen molar-refractivity contribution in [2.45, 2.75) is 6.54 Å². The zero-order valence-electron chi connectivity index (χ0n) is 9.42. The molecule has 0 amide bonds. The summed E-state index contributed by atoms with van der Waals surface area (Å²) in [5.41, 5.74) is 7.99. The summed E-state index contributed by atoms with van der Waals surface area (Å²) in [5, 5.41) is 7.48. The third kappa shape index (κ3) is 3.01. The Kier molecular flexibility index (Phi) is 3.34. The molecule has 0 unspecified atom stereocenters. The minimum atomic E-state index is 0.307. The number of anilines is 1. The highest BCUT2D eigenvalue weighted by molar-refractivity contribution is 7.80. The molecule has 3 N–H and O–H groups in total. The van der Waals surface area contributed by atoms with Crippen molar-refractivity contribution in [2.75, 3.05) is 5.32 Å². The van der Waals surface area contributed by atoms with Gasteiger partial charge in [-0.2, -0.15) is 5.10 Å². The molecule has 2 rings (SSSR count). The van der Waals surface area contributed by atoms with Gasteiger partial charge in [-0.25, -0.2) is 0 Å². The summed E-state index contributed by atoms with van der Waals surface area (Å²) < 4.78 is 1.77. The van der Waals surface area contributed by atoms with Crippen molar-refractivity contribution in [1.82, 2.24) is 14.8 Å². The fraction of sp³-hybridized carbons (Fsp3) is 0.182. The van der Waals surface area contributed by atoms with E-state index in [1.54, 1.807) is 16.9 Å². The first-order valence-electron chi connectivity index (χ1n) is 5.13. The highest BCUT2D eigenvalue weighted by Gasteiger charge is 1.99. The summed E-state index contributed by atoms with van der Waals surface area (Å²) in [6, 6.07) is 5.65. The van der Waals surface area contributed by atoms with E-state index < -0.39 is 0 Å². The van der Waals surface area contributed by atoms with Crippen LogP contribution in [0.15, 0.2) is 30.6 Å². The Bertz CT molecular complexity index is 517. The molecule has 0 saturated carbocycles. The van der Waals surface area contributed by atoms with Gasteiger partial charge in [0.05, 0.1) is 29.8 Å². The summed E-state index contributed by atoms with van der Waals surface area (Å²) in [5.74, 6) is 0. The van der Waals surface area contributed by atoms with E-state index in [9.17, 15) is 0 Å². The van der Waals surface area contributed by atoms with Crippen molar-refractivity contribution in [3.05, 3.63) is 42.0 Å². The molecule has 0 aliphatic rings. The molecule has 0 aliphatic heterocycles. The fourth-order valence-electron chi connectivity index (χ4n) is 1.39. The maximum atomic E-state index is 5.47. The molecular weight excluding hydrogens is 234 g/mol. The first-order chi connectivity index (χ1) is 8.15. The van der Waals surface area contributed by atoms with Crippen molar-refractivity contribution in [3.63, 3.8) is 0 Å². The molecule has 0 atom stereocenters. The molecule has 5 nitrogen and oxygen atoms in total. The quantitative estimate of drug-likeness (QED) is 0.791. The number of nitrogens with one attached hydrogen (secondary N) is 1. The zero-order chi connectivity index (χ0) is 12.3. The number of thiocarbonyl (C=S) groups is 1. The van der Waals surface area contributed by atoms with Gasteiger partial charge < -0.3 is 11.1 Å². The smallest absolute Gasteiger partial charge is 0.122 e. The van der Waals surface area contributed by atoms with Crippen LogP contribution in [0.1, 0.15) is 11.4 Å². The first kappa shape index (κ1) is 11.5. The second-order valence-corrected chi connectivity index (χ2v) is 4.07. The highest BCUT2D eigenvalue weighted by Crippen LogP contribution is 2.07. The second-order valence-electron chi connectivity index (χ2n) is 3.63. The average molecular weight is 247 g/mol. The fourth-order valence-corrected chi connectivity index (χ4v) is 1.52. The molecule has 6 heteroatoms. The lowest BCUT2D eigenvalue weighted by molar-refractivity contribution is 0.747. The minimum Gasteiger partial charge on any atom is -0.388 e. The SMILES string of the molecule is Cn1ccc(CNc2ccc(C(N)=S)nc2)n1. The molecule has 0 spiro atoms. The van der Waals surface area contributed by atoms with Gasteiger partial charge >= 0.3 is 0 Å². The Morgan fingerprint density at radius 2 is 2.29 bits per heavy atom. The molecule has 0 aliphatic carbocycles. The van der Waals surface area contributed by atoms with Gasteiger partial charge in [-0.3, -0.25) is 9.67 Å². The van der Waals surface area contributed by atoms with Crippen molar-refractivity contribution in [2.24, 2.45) is 12.8 Å². The first-order valence-corrected chi connectivity index (χ1v) is 5.54. The van der Waals surface area contributed by atoms with E-state index in [0.717, 1.165) is 11.4 Å². The number of rotatable bonds is 4. The molecule has 2 aromatic rings. The van der Waals surface area contributed by atoms with Crippen LogP contribution in [0.25, 0.3) is 0 Å². The van der Waals surface area contributed by atoms with Gasteiger partial charge in [-0.05, 0) is 18.2 Å². The van der Waals surface area contributed by atoms with Gasteiger partial charge in [0, 0.05) is 13.2 Å². The number of pyridine rings is 1. The summed E-state index contributed by atoms with van der Waals surface area (Å²) in [6.07, 6.45) is 3.61. The number of aromatic nitrogens is 3. The largest absolute Gasteiger partial charge is 0.388 e.